The number of benzene rings is 1. The molecule has 0 aromatic heterocycles. The minimum Gasteiger partial charge on any atom is -0.504 e. The van der Waals surface area contributed by atoms with E-state index in [0.717, 1.165) is 12.0 Å². The fourth-order valence-electron chi connectivity index (χ4n) is 1.17. The smallest absolute Gasteiger partial charge is 0.160 e. The van der Waals surface area contributed by atoms with E-state index in [-0.39, 0.29) is 17.4 Å². The molecular formula is C10H14O2. The monoisotopic (exact) mass is 166 g/mol. The predicted molar refractivity (Wildman–Crippen MR) is 48.5 cm³/mol. The lowest BCUT2D eigenvalue weighted by Crippen LogP contribution is -1.91. The van der Waals surface area contributed by atoms with Crippen molar-refractivity contribution in [1.82, 2.24) is 0 Å². The normalized spacial score (nSPS) is 12.8. The Balaban J connectivity index is 3.07. The Morgan fingerprint density at radius 1 is 1.33 bits per heavy atom. The predicted octanol–water partition coefficient (Wildman–Crippen LogP) is 2.61. The van der Waals surface area contributed by atoms with E-state index in [2.05, 4.69) is 0 Å². The molecule has 2 heteroatoms. The summed E-state index contributed by atoms with van der Waals surface area (Å²) in [5.41, 5.74) is 0.817. The van der Waals surface area contributed by atoms with Gasteiger partial charge in [-0.05, 0) is 18.4 Å². The van der Waals surface area contributed by atoms with Crippen LogP contribution in [0.4, 0.5) is 0 Å². The van der Waals surface area contributed by atoms with Crippen molar-refractivity contribution in [1.29, 1.82) is 0 Å². The van der Waals surface area contributed by atoms with Gasteiger partial charge in [-0.15, -0.1) is 0 Å². The van der Waals surface area contributed by atoms with Crippen LogP contribution in [0.3, 0.4) is 0 Å². The zero-order valence-electron chi connectivity index (χ0n) is 7.41. The summed E-state index contributed by atoms with van der Waals surface area (Å²) in [5.74, 6) is 0.275. The summed E-state index contributed by atoms with van der Waals surface area (Å²) in [4.78, 5) is 0. The molecule has 0 amide bonds. The lowest BCUT2D eigenvalue weighted by Gasteiger charge is -2.11. The third-order valence-corrected chi connectivity index (χ3v) is 2.19. The Morgan fingerprint density at radius 2 is 2.00 bits per heavy atom. The molecule has 0 aliphatic rings. The first-order chi connectivity index (χ1) is 5.66. The molecule has 2 nitrogen and oxygen atoms in total. The van der Waals surface area contributed by atoms with Crippen LogP contribution >= 0.6 is 0 Å². The van der Waals surface area contributed by atoms with Gasteiger partial charge in [0.25, 0.3) is 0 Å². The van der Waals surface area contributed by atoms with Gasteiger partial charge < -0.3 is 10.2 Å². The molecule has 12 heavy (non-hydrogen) atoms. The molecule has 0 aliphatic heterocycles. The van der Waals surface area contributed by atoms with Gasteiger partial charge in [0.15, 0.2) is 11.5 Å². The number of para-hydroxylation sites is 1. The van der Waals surface area contributed by atoms with Gasteiger partial charge in [0.2, 0.25) is 0 Å². The lowest BCUT2D eigenvalue weighted by atomic mass is 9.97. The zero-order valence-corrected chi connectivity index (χ0v) is 7.41. The maximum atomic E-state index is 9.45. The van der Waals surface area contributed by atoms with Crippen molar-refractivity contribution in [2.24, 2.45) is 0 Å². The molecule has 1 aromatic carbocycles. The quantitative estimate of drug-likeness (QED) is 0.663. The summed E-state index contributed by atoms with van der Waals surface area (Å²) < 4.78 is 0. The SMILES string of the molecule is CCC(C)c1cccc(O)c1O. The fourth-order valence-corrected chi connectivity index (χ4v) is 1.17. The van der Waals surface area contributed by atoms with Crippen LogP contribution in [0.2, 0.25) is 0 Å². The number of hydrogen-bond donors (Lipinski definition) is 2. The molecule has 0 heterocycles. The van der Waals surface area contributed by atoms with Gasteiger partial charge >= 0.3 is 0 Å². The molecule has 0 bridgehead atoms. The van der Waals surface area contributed by atoms with Gasteiger partial charge in [-0.25, -0.2) is 0 Å². The Hall–Kier alpha value is -1.18. The number of hydrogen-bond acceptors (Lipinski definition) is 2. The van der Waals surface area contributed by atoms with Crippen molar-refractivity contribution in [3.05, 3.63) is 23.8 Å². The largest absolute Gasteiger partial charge is 0.504 e. The Labute approximate surface area is 72.5 Å². The summed E-state index contributed by atoms with van der Waals surface area (Å²) in [6, 6.07) is 5.07. The van der Waals surface area contributed by atoms with Crippen molar-refractivity contribution >= 4 is 0 Å². The molecule has 0 spiro atoms. The highest BCUT2D eigenvalue weighted by atomic mass is 16.3. The van der Waals surface area contributed by atoms with E-state index in [1.54, 1.807) is 6.07 Å². The third kappa shape index (κ3) is 1.52. The van der Waals surface area contributed by atoms with Crippen LogP contribution in [0.5, 0.6) is 11.5 Å². The fraction of sp³-hybridized carbons (Fsp3) is 0.400. The topological polar surface area (TPSA) is 40.5 Å². The summed E-state index contributed by atoms with van der Waals surface area (Å²) in [6.07, 6.45) is 0.955. The lowest BCUT2D eigenvalue weighted by molar-refractivity contribution is 0.396. The number of phenols is 2. The Morgan fingerprint density at radius 3 is 2.58 bits per heavy atom. The van der Waals surface area contributed by atoms with E-state index >= 15 is 0 Å². The van der Waals surface area contributed by atoms with E-state index in [1.165, 1.54) is 6.07 Å². The second kappa shape index (κ2) is 3.48. The molecule has 66 valence electrons. The van der Waals surface area contributed by atoms with Crippen LogP contribution in [0.1, 0.15) is 31.7 Å². The average Bonchev–Trinajstić information content (AvgIpc) is 2.08. The van der Waals surface area contributed by atoms with E-state index in [1.807, 2.05) is 19.9 Å². The van der Waals surface area contributed by atoms with Crippen LogP contribution in [0.25, 0.3) is 0 Å². The molecule has 1 rings (SSSR count). The highest BCUT2D eigenvalue weighted by molar-refractivity contribution is 5.45. The van der Waals surface area contributed by atoms with Crippen molar-refractivity contribution in [2.45, 2.75) is 26.2 Å². The summed E-state index contributed by atoms with van der Waals surface area (Å²) >= 11 is 0. The van der Waals surface area contributed by atoms with Gasteiger partial charge in [0, 0.05) is 5.56 Å². The van der Waals surface area contributed by atoms with E-state index < -0.39 is 0 Å². The molecule has 1 unspecified atom stereocenters. The molecule has 0 saturated heterocycles. The summed E-state index contributed by atoms with van der Waals surface area (Å²) in [7, 11) is 0. The zero-order chi connectivity index (χ0) is 9.14. The first kappa shape index (κ1) is 8.91. The highest BCUT2D eigenvalue weighted by Crippen LogP contribution is 2.34. The second-order valence-electron chi connectivity index (χ2n) is 3.02. The Kier molecular flexibility index (Phi) is 2.58. The maximum Gasteiger partial charge on any atom is 0.160 e. The average molecular weight is 166 g/mol. The maximum absolute atomic E-state index is 9.45. The minimum absolute atomic E-state index is 0.0202. The highest BCUT2D eigenvalue weighted by Gasteiger charge is 2.10. The molecule has 1 atom stereocenters. The van der Waals surface area contributed by atoms with Gasteiger partial charge in [-0.3, -0.25) is 0 Å². The molecule has 0 aliphatic carbocycles. The van der Waals surface area contributed by atoms with Gasteiger partial charge in [-0.1, -0.05) is 26.0 Å². The molecule has 0 fully saturated rings. The molecular weight excluding hydrogens is 152 g/mol. The van der Waals surface area contributed by atoms with Gasteiger partial charge in [-0.2, -0.15) is 0 Å². The second-order valence-corrected chi connectivity index (χ2v) is 3.02. The van der Waals surface area contributed by atoms with Crippen molar-refractivity contribution in [2.75, 3.05) is 0 Å². The van der Waals surface area contributed by atoms with Crippen LogP contribution < -0.4 is 0 Å². The van der Waals surface area contributed by atoms with Crippen molar-refractivity contribution in [3.8, 4) is 11.5 Å². The number of phenolic OH excluding ortho intramolecular Hbond substituents is 2. The Bertz CT molecular complexity index is 269. The first-order valence-electron chi connectivity index (χ1n) is 4.17. The first-order valence-corrected chi connectivity index (χ1v) is 4.17. The van der Waals surface area contributed by atoms with E-state index in [0.29, 0.717) is 0 Å². The molecule has 1 aromatic rings. The molecule has 0 radical (unpaired) electrons. The number of rotatable bonds is 2. The van der Waals surface area contributed by atoms with Gasteiger partial charge in [0.05, 0.1) is 0 Å². The van der Waals surface area contributed by atoms with Crippen LogP contribution in [0, 0.1) is 0 Å². The third-order valence-electron chi connectivity index (χ3n) is 2.19. The summed E-state index contributed by atoms with van der Waals surface area (Å²) in [6.45, 7) is 4.07. The van der Waals surface area contributed by atoms with Crippen molar-refractivity contribution < 1.29 is 10.2 Å². The van der Waals surface area contributed by atoms with E-state index in [9.17, 15) is 10.2 Å². The van der Waals surface area contributed by atoms with Crippen LogP contribution in [0.15, 0.2) is 18.2 Å². The van der Waals surface area contributed by atoms with Gasteiger partial charge in [0.1, 0.15) is 0 Å². The van der Waals surface area contributed by atoms with Crippen molar-refractivity contribution in [3.63, 3.8) is 0 Å². The van der Waals surface area contributed by atoms with Crippen LogP contribution in [-0.2, 0) is 0 Å². The minimum atomic E-state index is -0.0344. The summed E-state index contributed by atoms with van der Waals surface area (Å²) in [5, 5.41) is 18.6. The number of aromatic hydroxyl groups is 2. The molecule has 2 N–H and O–H groups in total. The van der Waals surface area contributed by atoms with E-state index in [4.69, 9.17) is 0 Å². The molecule has 0 saturated carbocycles. The standard InChI is InChI=1S/C10H14O2/c1-3-7(2)8-5-4-6-9(11)10(8)12/h4-7,11-12H,3H2,1-2H3. The van der Waals surface area contributed by atoms with Crippen LogP contribution in [-0.4, -0.2) is 10.2 Å².